The van der Waals surface area contributed by atoms with Crippen molar-refractivity contribution in [2.45, 2.75) is 45.1 Å². The Morgan fingerprint density at radius 1 is 1.06 bits per heavy atom. The van der Waals surface area contributed by atoms with Crippen LogP contribution >= 0.6 is 0 Å². The number of hydrogen-bond acceptors (Lipinski definition) is 3. The van der Waals surface area contributed by atoms with Crippen LogP contribution in [0.1, 0.15) is 39.0 Å². The fourth-order valence-electron chi connectivity index (χ4n) is 3.14. The fourth-order valence-corrected chi connectivity index (χ4v) is 3.14. The highest BCUT2D eigenvalue weighted by Gasteiger charge is 2.24. The van der Waals surface area contributed by atoms with Crippen LogP contribution in [0.5, 0.6) is 0 Å². The third-order valence-electron chi connectivity index (χ3n) is 4.21. The Kier molecular flexibility index (Phi) is 5.75. The van der Waals surface area contributed by atoms with E-state index in [9.17, 15) is 0 Å². The van der Waals surface area contributed by atoms with Gasteiger partial charge in [0.25, 0.3) is 0 Å². The second-order valence-corrected chi connectivity index (χ2v) is 5.58. The van der Waals surface area contributed by atoms with Gasteiger partial charge >= 0.3 is 0 Å². The largest absolute Gasteiger partial charge is 0.315 e. The van der Waals surface area contributed by atoms with Crippen molar-refractivity contribution in [3.05, 3.63) is 0 Å². The van der Waals surface area contributed by atoms with Gasteiger partial charge in [0.05, 0.1) is 0 Å². The second kappa shape index (κ2) is 7.34. The second-order valence-electron chi connectivity index (χ2n) is 5.58. The minimum absolute atomic E-state index is 0.809. The summed E-state index contributed by atoms with van der Waals surface area (Å²) in [5.74, 6) is 0. The van der Waals surface area contributed by atoms with Crippen LogP contribution in [0.2, 0.25) is 0 Å². The molecule has 2 fully saturated rings. The van der Waals surface area contributed by atoms with Gasteiger partial charge < -0.3 is 10.2 Å². The van der Waals surface area contributed by atoms with E-state index in [1.54, 1.807) is 0 Å². The van der Waals surface area contributed by atoms with Crippen LogP contribution in [0.15, 0.2) is 0 Å². The molecule has 2 aliphatic heterocycles. The lowest BCUT2D eigenvalue weighted by atomic mass is 10.2. The summed E-state index contributed by atoms with van der Waals surface area (Å²) in [7, 11) is 0. The van der Waals surface area contributed by atoms with E-state index in [-0.39, 0.29) is 0 Å². The van der Waals surface area contributed by atoms with Crippen LogP contribution in [-0.2, 0) is 0 Å². The van der Waals surface area contributed by atoms with Gasteiger partial charge in [0.2, 0.25) is 0 Å². The molecule has 17 heavy (non-hydrogen) atoms. The summed E-state index contributed by atoms with van der Waals surface area (Å²) < 4.78 is 0. The van der Waals surface area contributed by atoms with E-state index >= 15 is 0 Å². The summed E-state index contributed by atoms with van der Waals surface area (Å²) in [5.41, 5.74) is 0. The van der Waals surface area contributed by atoms with Gasteiger partial charge in [0.1, 0.15) is 0 Å². The third kappa shape index (κ3) is 4.23. The molecule has 0 radical (unpaired) electrons. The first-order valence-corrected chi connectivity index (χ1v) is 7.57. The molecule has 0 aromatic heterocycles. The molecule has 1 atom stereocenters. The SMILES string of the molecule is CCCNCC1CCCN1CCN1CCCC1. The summed E-state index contributed by atoms with van der Waals surface area (Å²) in [5, 5.41) is 3.58. The lowest BCUT2D eigenvalue weighted by Gasteiger charge is -2.27. The molecule has 2 rings (SSSR count). The zero-order valence-corrected chi connectivity index (χ0v) is 11.5. The number of nitrogens with zero attached hydrogens (tertiary/aromatic N) is 2. The molecular weight excluding hydrogens is 210 g/mol. The number of hydrogen-bond donors (Lipinski definition) is 1. The molecule has 2 saturated heterocycles. The van der Waals surface area contributed by atoms with E-state index < -0.39 is 0 Å². The first-order chi connectivity index (χ1) is 8.40. The van der Waals surface area contributed by atoms with Gasteiger partial charge in [-0.25, -0.2) is 0 Å². The molecule has 2 heterocycles. The quantitative estimate of drug-likeness (QED) is 0.680. The van der Waals surface area contributed by atoms with Gasteiger partial charge in [-0.15, -0.1) is 0 Å². The molecule has 3 heteroatoms. The van der Waals surface area contributed by atoms with E-state index in [4.69, 9.17) is 0 Å². The van der Waals surface area contributed by atoms with Crippen molar-refractivity contribution in [2.75, 3.05) is 45.8 Å². The van der Waals surface area contributed by atoms with Crippen molar-refractivity contribution >= 4 is 0 Å². The zero-order valence-electron chi connectivity index (χ0n) is 11.5. The van der Waals surface area contributed by atoms with E-state index in [1.807, 2.05) is 0 Å². The van der Waals surface area contributed by atoms with Crippen molar-refractivity contribution in [3.63, 3.8) is 0 Å². The predicted molar refractivity (Wildman–Crippen MR) is 73.4 cm³/mol. The van der Waals surface area contributed by atoms with Gasteiger partial charge in [0.15, 0.2) is 0 Å². The Bertz CT molecular complexity index is 202. The monoisotopic (exact) mass is 239 g/mol. The van der Waals surface area contributed by atoms with Crippen molar-refractivity contribution in [2.24, 2.45) is 0 Å². The summed E-state index contributed by atoms with van der Waals surface area (Å²) in [6.45, 7) is 11.2. The summed E-state index contributed by atoms with van der Waals surface area (Å²) in [6, 6.07) is 0.809. The molecule has 3 nitrogen and oxygen atoms in total. The average Bonchev–Trinajstić information content (AvgIpc) is 2.97. The minimum Gasteiger partial charge on any atom is -0.315 e. The van der Waals surface area contributed by atoms with Crippen molar-refractivity contribution < 1.29 is 0 Å². The molecule has 0 spiro atoms. The van der Waals surface area contributed by atoms with Gasteiger partial charge in [-0.3, -0.25) is 4.90 Å². The normalized spacial score (nSPS) is 27.0. The minimum atomic E-state index is 0.809. The van der Waals surface area contributed by atoms with Crippen molar-refractivity contribution in [3.8, 4) is 0 Å². The number of nitrogens with one attached hydrogen (secondary N) is 1. The molecule has 2 aliphatic rings. The summed E-state index contributed by atoms with van der Waals surface area (Å²) >= 11 is 0. The van der Waals surface area contributed by atoms with Gasteiger partial charge in [-0.1, -0.05) is 6.92 Å². The highest BCUT2D eigenvalue weighted by Crippen LogP contribution is 2.17. The first kappa shape index (κ1) is 13.3. The maximum absolute atomic E-state index is 3.58. The van der Waals surface area contributed by atoms with Gasteiger partial charge in [-0.05, 0) is 58.3 Å². The number of likely N-dealkylation sites (tertiary alicyclic amines) is 2. The molecule has 0 aromatic rings. The molecule has 0 aliphatic carbocycles. The Balaban J connectivity index is 1.63. The molecular formula is C14H29N3. The van der Waals surface area contributed by atoms with Crippen molar-refractivity contribution in [1.82, 2.24) is 15.1 Å². The zero-order chi connectivity index (χ0) is 11.9. The van der Waals surface area contributed by atoms with Crippen LogP contribution in [0, 0.1) is 0 Å². The molecule has 1 N–H and O–H groups in total. The van der Waals surface area contributed by atoms with Crippen LogP contribution in [0.25, 0.3) is 0 Å². The van der Waals surface area contributed by atoms with Crippen LogP contribution in [0.3, 0.4) is 0 Å². The Hall–Kier alpha value is -0.120. The molecule has 100 valence electrons. The van der Waals surface area contributed by atoms with E-state index in [0.29, 0.717) is 0 Å². The van der Waals surface area contributed by atoms with Crippen LogP contribution < -0.4 is 5.32 Å². The maximum Gasteiger partial charge on any atom is 0.0221 e. The number of rotatable bonds is 7. The lowest BCUT2D eigenvalue weighted by Crippen LogP contribution is -2.41. The van der Waals surface area contributed by atoms with E-state index in [1.165, 1.54) is 77.9 Å². The highest BCUT2D eigenvalue weighted by molar-refractivity contribution is 4.82. The van der Waals surface area contributed by atoms with E-state index in [2.05, 4.69) is 22.0 Å². The summed E-state index contributed by atoms with van der Waals surface area (Å²) in [4.78, 5) is 5.34. The smallest absolute Gasteiger partial charge is 0.0221 e. The molecule has 0 amide bonds. The topological polar surface area (TPSA) is 18.5 Å². The standard InChI is InChI=1S/C14H29N3/c1-2-7-15-13-14-6-5-10-17(14)12-11-16-8-3-4-9-16/h14-15H,2-13H2,1H3. The summed E-state index contributed by atoms with van der Waals surface area (Å²) in [6.07, 6.45) is 6.89. The molecule has 0 bridgehead atoms. The Morgan fingerprint density at radius 2 is 1.88 bits per heavy atom. The lowest BCUT2D eigenvalue weighted by molar-refractivity contribution is 0.208. The Morgan fingerprint density at radius 3 is 2.65 bits per heavy atom. The first-order valence-electron chi connectivity index (χ1n) is 7.57. The van der Waals surface area contributed by atoms with Crippen LogP contribution in [0.4, 0.5) is 0 Å². The third-order valence-corrected chi connectivity index (χ3v) is 4.21. The Labute approximate surface area is 107 Å². The molecule has 0 aromatic carbocycles. The van der Waals surface area contributed by atoms with E-state index in [0.717, 1.165) is 6.04 Å². The van der Waals surface area contributed by atoms with Gasteiger partial charge in [0, 0.05) is 25.7 Å². The van der Waals surface area contributed by atoms with Gasteiger partial charge in [-0.2, -0.15) is 0 Å². The van der Waals surface area contributed by atoms with Crippen molar-refractivity contribution in [1.29, 1.82) is 0 Å². The predicted octanol–water partition coefficient (Wildman–Crippen LogP) is 1.55. The molecule has 0 saturated carbocycles. The fraction of sp³-hybridized carbons (Fsp3) is 1.00. The highest BCUT2D eigenvalue weighted by atomic mass is 15.2. The van der Waals surface area contributed by atoms with Crippen LogP contribution in [-0.4, -0.2) is 61.7 Å². The molecule has 1 unspecified atom stereocenters. The maximum atomic E-state index is 3.58. The average molecular weight is 239 g/mol.